The summed E-state index contributed by atoms with van der Waals surface area (Å²) in [6, 6.07) is 6.13. The van der Waals surface area contributed by atoms with Crippen LogP contribution in [0.4, 0.5) is 0 Å². The Morgan fingerprint density at radius 2 is 2.27 bits per heavy atom. The third-order valence-electron chi connectivity index (χ3n) is 1.52. The van der Waals surface area contributed by atoms with Crippen molar-refractivity contribution in [3.05, 3.63) is 22.7 Å². The molecule has 0 N–H and O–H groups in total. The van der Waals surface area contributed by atoms with Crippen LogP contribution in [0.2, 0.25) is 4.47 Å². The summed E-state index contributed by atoms with van der Waals surface area (Å²) in [7, 11) is 2.06. The van der Waals surface area contributed by atoms with E-state index < -0.39 is 0 Å². The highest BCUT2D eigenvalue weighted by Crippen LogP contribution is 2.23. The maximum absolute atomic E-state index is 5.74. The molecule has 0 amide bonds. The van der Waals surface area contributed by atoms with Crippen LogP contribution >= 0.6 is 22.9 Å². The molecule has 0 radical (unpaired) electrons. The van der Waals surface area contributed by atoms with E-state index >= 15 is 0 Å². The molecule has 1 aromatic carbocycles. The number of aromatic nitrogens is 1. The first kappa shape index (κ1) is 7.13. The molecule has 1 heterocycles. The van der Waals surface area contributed by atoms with E-state index in [0.29, 0.717) is 4.47 Å². The number of thiazole rings is 1. The van der Waals surface area contributed by atoms with Gasteiger partial charge in [-0.05, 0) is 12.1 Å². The van der Waals surface area contributed by atoms with Crippen LogP contribution in [0.25, 0.3) is 10.2 Å². The van der Waals surface area contributed by atoms with E-state index in [0.717, 1.165) is 10.2 Å². The van der Waals surface area contributed by atoms with E-state index in [-0.39, 0.29) is 0 Å². The molecule has 2 rings (SSSR count). The summed E-state index contributed by atoms with van der Waals surface area (Å²) in [6.45, 7) is 0. The minimum Gasteiger partial charge on any atom is -0.225 e. The zero-order chi connectivity index (χ0) is 7.84. The Labute approximate surface area is 74.4 Å². The van der Waals surface area contributed by atoms with Gasteiger partial charge in [-0.2, -0.15) is 0 Å². The second-order valence-electron chi connectivity index (χ2n) is 2.44. The fourth-order valence-corrected chi connectivity index (χ4v) is 2.13. The average Bonchev–Trinajstić information content (AvgIpc) is 2.27. The minimum absolute atomic E-state index is 0.616. The van der Waals surface area contributed by atoms with Crippen LogP contribution in [0, 0.1) is 0 Å². The van der Waals surface area contributed by atoms with Crippen molar-refractivity contribution in [2.24, 2.45) is 0 Å². The standard InChI is InChI=1S/C7H5BClNS/c8-4-1-2-5-6(3-4)11-7(9)10-5/h1-3H,8H2. The predicted octanol–water partition coefficient (Wildman–Crippen LogP) is 1.21. The Morgan fingerprint density at radius 1 is 1.45 bits per heavy atom. The molecule has 0 saturated carbocycles. The lowest BCUT2D eigenvalue weighted by Gasteiger charge is -1.88. The van der Waals surface area contributed by atoms with Crippen LogP contribution in [0.1, 0.15) is 0 Å². The summed E-state index contributed by atoms with van der Waals surface area (Å²) in [5.74, 6) is 0. The Bertz CT molecular complexity index is 398. The highest BCUT2D eigenvalue weighted by molar-refractivity contribution is 7.22. The molecule has 0 fully saturated rings. The lowest BCUT2D eigenvalue weighted by Crippen LogP contribution is -1.98. The van der Waals surface area contributed by atoms with Gasteiger partial charge in [-0.25, -0.2) is 4.98 Å². The van der Waals surface area contributed by atoms with Crippen LogP contribution in [0.5, 0.6) is 0 Å². The van der Waals surface area contributed by atoms with Crippen molar-refractivity contribution in [2.45, 2.75) is 0 Å². The summed E-state index contributed by atoms with van der Waals surface area (Å²) >= 11 is 7.26. The maximum Gasteiger partial charge on any atom is 0.184 e. The molecule has 0 aliphatic rings. The molecule has 0 aliphatic carbocycles. The van der Waals surface area contributed by atoms with Crippen molar-refractivity contribution < 1.29 is 0 Å². The Hall–Kier alpha value is -0.535. The van der Waals surface area contributed by atoms with E-state index in [9.17, 15) is 0 Å². The van der Waals surface area contributed by atoms with Crippen molar-refractivity contribution in [3.63, 3.8) is 0 Å². The molecule has 1 nitrogen and oxygen atoms in total. The molecule has 54 valence electrons. The fraction of sp³-hybridized carbons (Fsp3) is 0. The predicted molar refractivity (Wildman–Crippen MR) is 52.8 cm³/mol. The average molecular weight is 181 g/mol. The van der Waals surface area contributed by atoms with Gasteiger partial charge in [-0.3, -0.25) is 0 Å². The van der Waals surface area contributed by atoms with Crippen molar-refractivity contribution in [3.8, 4) is 0 Å². The number of fused-ring (bicyclic) bond motifs is 1. The molecule has 1 aromatic heterocycles. The van der Waals surface area contributed by atoms with Gasteiger partial charge < -0.3 is 0 Å². The van der Waals surface area contributed by atoms with Crippen LogP contribution in [0.3, 0.4) is 0 Å². The van der Waals surface area contributed by atoms with E-state index in [1.807, 2.05) is 12.1 Å². The van der Waals surface area contributed by atoms with Crippen LogP contribution in [0.15, 0.2) is 18.2 Å². The van der Waals surface area contributed by atoms with Crippen molar-refractivity contribution in [1.29, 1.82) is 0 Å². The highest BCUT2D eigenvalue weighted by Gasteiger charge is 1.99. The normalized spacial score (nSPS) is 10.6. The second kappa shape index (κ2) is 2.50. The number of benzene rings is 1. The zero-order valence-corrected chi connectivity index (χ0v) is 7.54. The number of hydrogen-bond donors (Lipinski definition) is 0. The summed E-state index contributed by atoms with van der Waals surface area (Å²) in [5, 5.41) is 0. The molecule has 0 spiro atoms. The molecular weight excluding hydrogens is 176 g/mol. The van der Waals surface area contributed by atoms with Gasteiger partial charge in [0.05, 0.1) is 10.2 Å². The molecule has 11 heavy (non-hydrogen) atoms. The van der Waals surface area contributed by atoms with Gasteiger partial charge in [0.1, 0.15) is 7.85 Å². The molecule has 0 saturated heterocycles. The van der Waals surface area contributed by atoms with Gasteiger partial charge in [-0.1, -0.05) is 23.1 Å². The molecule has 0 unspecified atom stereocenters. The first-order valence-corrected chi connectivity index (χ1v) is 4.48. The number of rotatable bonds is 0. The van der Waals surface area contributed by atoms with Gasteiger partial charge in [0.25, 0.3) is 0 Å². The van der Waals surface area contributed by atoms with Crippen molar-refractivity contribution >= 4 is 46.5 Å². The SMILES string of the molecule is Bc1ccc2nc(Cl)sc2c1. The quantitative estimate of drug-likeness (QED) is 0.557. The molecule has 0 bridgehead atoms. The van der Waals surface area contributed by atoms with Crippen LogP contribution in [-0.2, 0) is 0 Å². The maximum atomic E-state index is 5.74. The summed E-state index contributed by atoms with van der Waals surface area (Å²) in [4.78, 5) is 4.14. The summed E-state index contributed by atoms with van der Waals surface area (Å²) < 4.78 is 1.78. The minimum atomic E-state index is 0.616. The van der Waals surface area contributed by atoms with Crippen molar-refractivity contribution in [1.82, 2.24) is 4.98 Å². The third kappa shape index (κ3) is 1.26. The third-order valence-corrected chi connectivity index (χ3v) is 2.64. The van der Waals surface area contributed by atoms with Gasteiger partial charge >= 0.3 is 0 Å². The van der Waals surface area contributed by atoms with E-state index in [1.165, 1.54) is 16.8 Å². The summed E-state index contributed by atoms with van der Waals surface area (Å²) in [5.41, 5.74) is 2.24. The Kier molecular flexibility index (Phi) is 1.62. The topological polar surface area (TPSA) is 12.9 Å². The largest absolute Gasteiger partial charge is 0.225 e. The Balaban J connectivity index is 2.82. The second-order valence-corrected chi connectivity index (χ2v) is 4.05. The van der Waals surface area contributed by atoms with E-state index in [1.54, 1.807) is 0 Å². The van der Waals surface area contributed by atoms with Crippen LogP contribution in [-0.4, -0.2) is 12.8 Å². The molecule has 4 heteroatoms. The highest BCUT2D eigenvalue weighted by atomic mass is 35.5. The number of halogens is 1. The first-order chi connectivity index (χ1) is 5.25. The van der Waals surface area contributed by atoms with Crippen LogP contribution < -0.4 is 5.46 Å². The zero-order valence-electron chi connectivity index (χ0n) is 5.97. The molecular formula is C7H5BClNS. The van der Waals surface area contributed by atoms with E-state index in [2.05, 4.69) is 18.9 Å². The monoisotopic (exact) mass is 181 g/mol. The molecule has 0 aliphatic heterocycles. The van der Waals surface area contributed by atoms with E-state index in [4.69, 9.17) is 11.6 Å². The molecule has 0 atom stereocenters. The van der Waals surface area contributed by atoms with Crippen molar-refractivity contribution in [2.75, 3.05) is 0 Å². The fourth-order valence-electron chi connectivity index (χ4n) is 1.00. The van der Waals surface area contributed by atoms with Gasteiger partial charge in [-0.15, -0.1) is 11.3 Å². The van der Waals surface area contributed by atoms with Gasteiger partial charge in [0.2, 0.25) is 0 Å². The number of nitrogens with zero attached hydrogens (tertiary/aromatic N) is 1. The van der Waals surface area contributed by atoms with Gasteiger partial charge in [0.15, 0.2) is 4.47 Å². The number of hydrogen-bond acceptors (Lipinski definition) is 2. The Morgan fingerprint density at radius 3 is 3.09 bits per heavy atom. The molecule has 2 aromatic rings. The lowest BCUT2D eigenvalue weighted by atomic mass is 9.97. The summed E-state index contributed by atoms with van der Waals surface area (Å²) in [6.07, 6.45) is 0. The first-order valence-electron chi connectivity index (χ1n) is 3.28. The smallest absolute Gasteiger partial charge is 0.184 e. The van der Waals surface area contributed by atoms with Gasteiger partial charge in [0, 0.05) is 0 Å². The lowest BCUT2D eigenvalue weighted by molar-refractivity contribution is 1.50.